The molecular weight excluding hydrogens is 311 g/mol. The third kappa shape index (κ3) is 2.76. The summed E-state index contributed by atoms with van der Waals surface area (Å²) in [5.74, 6) is 0.267. The van der Waals surface area contributed by atoms with Gasteiger partial charge in [0.2, 0.25) is 5.91 Å². The lowest BCUT2D eigenvalue weighted by molar-refractivity contribution is -0.120. The van der Waals surface area contributed by atoms with Crippen molar-refractivity contribution in [1.29, 1.82) is 0 Å². The van der Waals surface area contributed by atoms with E-state index in [4.69, 9.17) is 23.2 Å². The van der Waals surface area contributed by atoms with Crippen molar-refractivity contribution in [2.75, 3.05) is 5.32 Å². The van der Waals surface area contributed by atoms with Gasteiger partial charge < -0.3 is 5.32 Å². The van der Waals surface area contributed by atoms with Crippen LogP contribution in [0.1, 0.15) is 19.0 Å². The number of nitrogens with one attached hydrogen (secondary N) is 1. The summed E-state index contributed by atoms with van der Waals surface area (Å²) in [4.78, 5) is 16.4. The molecule has 0 aromatic carbocycles. The normalized spacial score (nSPS) is 22.8. The van der Waals surface area contributed by atoms with Crippen LogP contribution in [0.4, 0.5) is 5.82 Å². The number of anilines is 1. The van der Waals surface area contributed by atoms with Crippen molar-refractivity contribution in [3.63, 3.8) is 0 Å². The van der Waals surface area contributed by atoms with Gasteiger partial charge in [0, 0.05) is 18.5 Å². The van der Waals surface area contributed by atoms with Crippen LogP contribution in [0.15, 0.2) is 36.7 Å². The predicted octanol–water partition coefficient (Wildman–Crippen LogP) is 2.85. The summed E-state index contributed by atoms with van der Waals surface area (Å²) in [6.07, 6.45) is 3.97. The number of nitrogens with zero attached hydrogens (tertiary/aromatic N) is 3. The minimum Gasteiger partial charge on any atom is -0.309 e. The number of amides is 1. The third-order valence-corrected chi connectivity index (χ3v) is 4.79. The highest BCUT2D eigenvalue weighted by molar-refractivity contribution is 6.53. The molecule has 0 saturated heterocycles. The first kappa shape index (κ1) is 14.4. The van der Waals surface area contributed by atoms with Gasteiger partial charge in [0.25, 0.3) is 0 Å². The molecule has 21 heavy (non-hydrogen) atoms. The van der Waals surface area contributed by atoms with Crippen molar-refractivity contribution < 1.29 is 4.79 Å². The van der Waals surface area contributed by atoms with Crippen LogP contribution >= 0.6 is 23.2 Å². The smallest absolute Gasteiger partial charge is 0.234 e. The maximum Gasteiger partial charge on any atom is 0.234 e. The van der Waals surface area contributed by atoms with Crippen molar-refractivity contribution >= 4 is 34.9 Å². The molecule has 0 spiro atoms. The number of carbonyl (C=O) groups is 1. The molecule has 1 N–H and O–H groups in total. The summed E-state index contributed by atoms with van der Waals surface area (Å²) in [7, 11) is 0. The topological polar surface area (TPSA) is 59.8 Å². The fourth-order valence-electron chi connectivity index (χ4n) is 2.07. The summed E-state index contributed by atoms with van der Waals surface area (Å²) in [6.45, 7) is 2.29. The summed E-state index contributed by atoms with van der Waals surface area (Å²) in [5, 5.41) is 7.04. The molecule has 0 aliphatic heterocycles. The fraction of sp³-hybridized carbons (Fsp3) is 0.357. The summed E-state index contributed by atoms with van der Waals surface area (Å²) >= 11 is 12.0. The lowest BCUT2D eigenvalue weighted by Crippen LogP contribution is -2.26. The Bertz CT molecular complexity index is 671. The van der Waals surface area contributed by atoms with E-state index < -0.39 is 9.75 Å². The third-order valence-electron chi connectivity index (χ3n) is 3.69. The molecule has 0 radical (unpaired) electrons. The van der Waals surface area contributed by atoms with Gasteiger partial charge in [0.05, 0.1) is 17.7 Å². The number of hydrogen-bond donors (Lipinski definition) is 1. The monoisotopic (exact) mass is 324 g/mol. The lowest BCUT2D eigenvalue weighted by atomic mass is 10.1. The van der Waals surface area contributed by atoms with Crippen molar-refractivity contribution in [3.8, 4) is 0 Å². The Morgan fingerprint density at radius 3 is 2.81 bits per heavy atom. The SMILES string of the molecule is CC1(C(=O)Nc2ccn(Cc3ccccn3)n2)CC1(Cl)Cl. The van der Waals surface area contributed by atoms with Gasteiger partial charge in [-0.05, 0) is 25.5 Å². The van der Waals surface area contributed by atoms with Gasteiger partial charge in [0.15, 0.2) is 5.82 Å². The van der Waals surface area contributed by atoms with E-state index in [1.54, 1.807) is 30.1 Å². The number of halogens is 2. The zero-order valence-electron chi connectivity index (χ0n) is 11.4. The van der Waals surface area contributed by atoms with E-state index in [9.17, 15) is 4.79 Å². The Morgan fingerprint density at radius 2 is 2.19 bits per heavy atom. The van der Waals surface area contributed by atoms with Crippen molar-refractivity contribution in [2.45, 2.75) is 24.2 Å². The molecule has 7 heteroatoms. The number of alkyl halides is 2. The van der Waals surface area contributed by atoms with Gasteiger partial charge in [-0.3, -0.25) is 14.5 Å². The molecular formula is C14H14Cl2N4O. The van der Waals surface area contributed by atoms with E-state index in [1.807, 2.05) is 18.2 Å². The quantitative estimate of drug-likeness (QED) is 0.880. The Hall–Kier alpha value is -1.59. The second-order valence-corrected chi connectivity index (χ2v) is 6.87. The molecule has 1 saturated carbocycles. The van der Waals surface area contributed by atoms with Crippen LogP contribution in [-0.4, -0.2) is 25.0 Å². The molecule has 2 heterocycles. The van der Waals surface area contributed by atoms with Crippen LogP contribution < -0.4 is 5.32 Å². The minimum absolute atomic E-state index is 0.212. The molecule has 5 nitrogen and oxygen atoms in total. The molecule has 1 aliphatic rings. The van der Waals surface area contributed by atoms with Crippen LogP contribution in [0, 0.1) is 5.41 Å². The second-order valence-electron chi connectivity index (χ2n) is 5.39. The summed E-state index contributed by atoms with van der Waals surface area (Å²) in [6, 6.07) is 7.43. The molecule has 1 fully saturated rings. The van der Waals surface area contributed by atoms with Gasteiger partial charge in [-0.2, -0.15) is 5.10 Å². The molecule has 1 amide bonds. The molecule has 1 unspecified atom stereocenters. The fourth-order valence-corrected chi connectivity index (χ4v) is 2.78. The molecule has 1 atom stereocenters. The van der Waals surface area contributed by atoms with Crippen molar-refractivity contribution in [3.05, 3.63) is 42.4 Å². The molecule has 2 aromatic heterocycles. The second kappa shape index (κ2) is 5.00. The number of pyridine rings is 1. The molecule has 2 aromatic rings. The van der Waals surface area contributed by atoms with Crippen LogP contribution in [0.5, 0.6) is 0 Å². The Kier molecular flexibility index (Phi) is 3.42. The van der Waals surface area contributed by atoms with Gasteiger partial charge in [-0.1, -0.05) is 6.07 Å². The van der Waals surface area contributed by atoms with Gasteiger partial charge in [-0.15, -0.1) is 23.2 Å². The van der Waals surface area contributed by atoms with Gasteiger partial charge in [0.1, 0.15) is 4.33 Å². The largest absolute Gasteiger partial charge is 0.309 e. The van der Waals surface area contributed by atoms with E-state index in [-0.39, 0.29) is 5.91 Å². The van der Waals surface area contributed by atoms with E-state index in [0.717, 1.165) is 5.69 Å². The maximum absolute atomic E-state index is 12.1. The zero-order chi connectivity index (χ0) is 15.1. The Labute approximate surface area is 132 Å². The molecule has 1 aliphatic carbocycles. The Balaban J connectivity index is 1.65. The maximum atomic E-state index is 12.1. The highest BCUT2D eigenvalue weighted by Gasteiger charge is 2.67. The molecule has 3 rings (SSSR count). The molecule has 110 valence electrons. The first-order chi connectivity index (χ1) is 9.91. The van der Waals surface area contributed by atoms with Gasteiger partial charge >= 0.3 is 0 Å². The van der Waals surface area contributed by atoms with Crippen LogP contribution in [0.25, 0.3) is 0 Å². The highest BCUT2D eigenvalue weighted by Crippen LogP contribution is 2.64. The average molecular weight is 325 g/mol. The number of rotatable bonds is 4. The van der Waals surface area contributed by atoms with Gasteiger partial charge in [-0.25, -0.2) is 0 Å². The first-order valence-electron chi connectivity index (χ1n) is 6.53. The van der Waals surface area contributed by atoms with E-state index in [1.165, 1.54) is 0 Å². The van der Waals surface area contributed by atoms with Crippen LogP contribution in [-0.2, 0) is 11.3 Å². The predicted molar refractivity (Wildman–Crippen MR) is 81.4 cm³/mol. The molecule has 0 bridgehead atoms. The number of carbonyl (C=O) groups excluding carboxylic acids is 1. The zero-order valence-corrected chi connectivity index (χ0v) is 12.9. The number of hydrogen-bond acceptors (Lipinski definition) is 3. The Morgan fingerprint density at radius 1 is 1.43 bits per heavy atom. The van der Waals surface area contributed by atoms with E-state index in [2.05, 4.69) is 15.4 Å². The number of aromatic nitrogens is 3. The van der Waals surface area contributed by atoms with Crippen LogP contribution in [0.3, 0.4) is 0 Å². The average Bonchev–Trinajstić information content (AvgIpc) is 2.77. The summed E-state index contributed by atoms with van der Waals surface area (Å²) in [5.41, 5.74) is 0.147. The standard InChI is InChI=1S/C14H14Cl2N4O/c1-13(9-14(13,15)16)12(21)18-11-5-7-20(19-11)8-10-4-2-3-6-17-10/h2-7H,8-9H2,1H3,(H,18,19,21). The first-order valence-corrected chi connectivity index (χ1v) is 7.29. The van der Waals surface area contributed by atoms with Crippen LogP contribution in [0.2, 0.25) is 0 Å². The van der Waals surface area contributed by atoms with Crippen molar-refractivity contribution in [2.24, 2.45) is 5.41 Å². The van der Waals surface area contributed by atoms with E-state index in [0.29, 0.717) is 18.8 Å². The summed E-state index contributed by atoms with van der Waals surface area (Å²) < 4.78 is 0.732. The minimum atomic E-state index is -0.979. The highest BCUT2D eigenvalue weighted by atomic mass is 35.5. The van der Waals surface area contributed by atoms with Crippen molar-refractivity contribution in [1.82, 2.24) is 14.8 Å². The van der Waals surface area contributed by atoms with E-state index >= 15 is 0 Å². The lowest BCUT2D eigenvalue weighted by Gasteiger charge is -2.10.